The zero-order valence-electron chi connectivity index (χ0n) is 14.3. The summed E-state index contributed by atoms with van der Waals surface area (Å²) in [6.07, 6.45) is 1.05. The molecule has 0 saturated heterocycles. The van der Waals surface area contributed by atoms with Gasteiger partial charge in [-0.05, 0) is 29.8 Å². The summed E-state index contributed by atoms with van der Waals surface area (Å²) in [5.41, 5.74) is 2.37. The third-order valence-electron chi connectivity index (χ3n) is 3.57. The van der Waals surface area contributed by atoms with E-state index in [1.165, 1.54) is 6.07 Å². The van der Waals surface area contributed by atoms with Crippen molar-refractivity contribution in [3.8, 4) is 17.2 Å². The Morgan fingerprint density at radius 3 is 2.41 bits per heavy atom. The summed E-state index contributed by atoms with van der Waals surface area (Å²) in [5, 5.41) is 12.1. The van der Waals surface area contributed by atoms with Crippen LogP contribution in [0, 0.1) is 11.3 Å². The topological polar surface area (TPSA) is 99.1 Å². The lowest BCUT2D eigenvalue weighted by Crippen LogP contribution is -2.12. The van der Waals surface area contributed by atoms with Crippen LogP contribution in [0.4, 0.5) is 11.4 Å². The second kappa shape index (κ2) is 7.61. The van der Waals surface area contributed by atoms with Gasteiger partial charge in [0.2, 0.25) is 10.0 Å². The Morgan fingerprint density at radius 1 is 1.04 bits per heavy atom. The fourth-order valence-electron chi connectivity index (χ4n) is 2.49. The number of carbonyl (C=O) groups is 1. The molecule has 3 aromatic rings. The Morgan fingerprint density at radius 2 is 1.74 bits per heavy atom. The molecule has 8 heteroatoms. The van der Waals surface area contributed by atoms with Crippen LogP contribution in [0.2, 0.25) is 0 Å². The van der Waals surface area contributed by atoms with E-state index in [2.05, 4.69) is 16.1 Å². The summed E-state index contributed by atoms with van der Waals surface area (Å²) in [7, 11) is -3.41. The van der Waals surface area contributed by atoms with Gasteiger partial charge in [-0.25, -0.2) is 8.42 Å². The van der Waals surface area contributed by atoms with Crippen LogP contribution in [0.25, 0.3) is 11.1 Å². The predicted octanol–water partition coefficient (Wildman–Crippen LogP) is 3.91. The van der Waals surface area contributed by atoms with Gasteiger partial charge in [-0.1, -0.05) is 36.4 Å². The van der Waals surface area contributed by atoms with Crippen LogP contribution in [0.15, 0.2) is 60.7 Å². The Balaban J connectivity index is 1.84. The van der Waals surface area contributed by atoms with Gasteiger partial charge in [-0.3, -0.25) is 9.52 Å². The lowest BCUT2D eigenvalue weighted by atomic mass is 10.1. The largest absolute Gasteiger partial charge is 0.321 e. The number of anilines is 2. The van der Waals surface area contributed by atoms with Crippen molar-refractivity contribution >= 4 is 38.6 Å². The minimum atomic E-state index is -3.41. The van der Waals surface area contributed by atoms with E-state index in [0.717, 1.165) is 23.2 Å². The van der Waals surface area contributed by atoms with Crippen molar-refractivity contribution in [1.29, 1.82) is 5.26 Å². The molecule has 0 fully saturated rings. The Hall–Kier alpha value is -3.15. The molecule has 27 heavy (non-hydrogen) atoms. The maximum atomic E-state index is 12.6. The molecule has 1 amide bonds. The number of hydrogen-bond donors (Lipinski definition) is 2. The molecule has 0 aliphatic heterocycles. The van der Waals surface area contributed by atoms with Crippen molar-refractivity contribution in [3.63, 3.8) is 0 Å². The lowest BCUT2D eigenvalue weighted by Gasteiger charge is -2.07. The van der Waals surface area contributed by atoms with E-state index in [1.807, 2.05) is 30.3 Å². The number of nitriles is 1. The van der Waals surface area contributed by atoms with Crippen molar-refractivity contribution in [2.75, 3.05) is 16.3 Å². The molecule has 136 valence electrons. The number of carbonyl (C=O) groups excluding carboxylic acids is 1. The van der Waals surface area contributed by atoms with Gasteiger partial charge in [0.25, 0.3) is 5.91 Å². The number of hydrogen-bond acceptors (Lipinski definition) is 5. The highest BCUT2D eigenvalue weighted by atomic mass is 32.2. The zero-order chi connectivity index (χ0) is 19.4. The zero-order valence-corrected chi connectivity index (χ0v) is 15.9. The third kappa shape index (κ3) is 4.73. The highest BCUT2D eigenvalue weighted by molar-refractivity contribution is 7.92. The van der Waals surface area contributed by atoms with Crippen LogP contribution in [0.1, 0.15) is 14.5 Å². The van der Waals surface area contributed by atoms with Crippen LogP contribution in [-0.4, -0.2) is 20.6 Å². The van der Waals surface area contributed by atoms with E-state index in [-0.39, 0.29) is 5.91 Å². The summed E-state index contributed by atoms with van der Waals surface area (Å²) in [4.78, 5) is 13.4. The maximum Gasteiger partial charge on any atom is 0.265 e. The van der Waals surface area contributed by atoms with E-state index in [9.17, 15) is 18.5 Å². The first-order valence-corrected chi connectivity index (χ1v) is 10.5. The average molecular weight is 397 g/mol. The van der Waals surface area contributed by atoms with Gasteiger partial charge in [-0.2, -0.15) is 5.26 Å². The quantitative estimate of drug-likeness (QED) is 0.682. The van der Waals surface area contributed by atoms with Gasteiger partial charge >= 0.3 is 0 Å². The highest BCUT2D eigenvalue weighted by Crippen LogP contribution is 2.31. The van der Waals surface area contributed by atoms with E-state index >= 15 is 0 Å². The minimum Gasteiger partial charge on any atom is -0.321 e. The van der Waals surface area contributed by atoms with Crippen molar-refractivity contribution in [2.45, 2.75) is 0 Å². The summed E-state index contributed by atoms with van der Waals surface area (Å²) < 4.78 is 25.0. The van der Waals surface area contributed by atoms with Gasteiger partial charge in [0, 0.05) is 11.3 Å². The van der Waals surface area contributed by atoms with Gasteiger partial charge in [-0.15, -0.1) is 11.3 Å². The second-order valence-electron chi connectivity index (χ2n) is 5.74. The SMILES string of the molecule is CS(=O)(=O)Nc1cccc(NC(=O)c2cc(-c3ccccc3)c(C#N)s2)c1. The first kappa shape index (κ1) is 18.6. The number of sulfonamides is 1. The molecule has 0 atom stereocenters. The molecule has 0 aliphatic carbocycles. The van der Waals surface area contributed by atoms with E-state index in [1.54, 1.807) is 24.3 Å². The minimum absolute atomic E-state index is 0.351. The molecule has 0 bridgehead atoms. The summed E-state index contributed by atoms with van der Waals surface area (Å²) in [5.74, 6) is -0.366. The van der Waals surface area contributed by atoms with Crippen molar-refractivity contribution in [3.05, 3.63) is 70.4 Å². The van der Waals surface area contributed by atoms with E-state index < -0.39 is 10.0 Å². The molecule has 0 aliphatic rings. The Bertz CT molecular complexity index is 1130. The molecular formula is C19H15N3O3S2. The van der Waals surface area contributed by atoms with Crippen molar-refractivity contribution in [2.24, 2.45) is 0 Å². The van der Waals surface area contributed by atoms with E-state index in [4.69, 9.17) is 0 Å². The fraction of sp³-hybridized carbons (Fsp3) is 0.0526. The molecular weight excluding hydrogens is 382 g/mol. The average Bonchev–Trinajstić information content (AvgIpc) is 3.06. The number of amides is 1. The lowest BCUT2D eigenvalue weighted by molar-refractivity contribution is 0.103. The molecule has 2 N–H and O–H groups in total. The fourth-order valence-corrected chi connectivity index (χ4v) is 3.91. The Labute approximate surface area is 161 Å². The molecule has 0 saturated carbocycles. The van der Waals surface area contributed by atoms with Crippen LogP contribution >= 0.6 is 11.3 Å². The monoisotopic (exact) mass is 397 g/mol. The summed E-state index contributed by atoms with van der Waals surface area (Å²) in [6, 6.07) is 19.6. The molecule has 6 nitrogen and oxygen atoms in total. The van der Waals surface area contributed by atoms with Crippen LogP contribution in [0.5, 0.6) is 0 Å². The molecule has 0 radical (unpaired) electrons. The number of nitrogens with zero attached hydrogens (tertiary/aromatic N) is 1. The van der Waals surface area contributed by atoms with Crippen molar-refractivity contribution < 1.29 is 13.2 Å². The molecule has 2 aromatic carbocycles. The molecule has 3 rings (SSSR count). The van der Waals surface area contributed by atoms with Gasteiger partial charge < -0.3 is 5.32 Å². The first-order chi connectivity index (χ1) is 12.9. The van der Waals surface area contributed by atoms with Crippen LogP contribution in [-0.2, 0) is 10.0 Å². The van der Waals surface area contributed by atoms with Gasteiger partial charge in [0.1, 0.15) is 10.9 Å². The number of benzene rings is 2. The molecule has 1 aromatic heterocycles. The molecule has 0 unspecified atom stereocenters. The van der Waals surface area contributed by atoms with Crippen LogP contribution in [0.3, 0.4) is 0 Å². The van der Waals surface area contributed by atoms with Gasteiger partial charge in [0.15, 0.2) is 0 Å². The highest BCUT2D eigenvalue weighted by Gasteiger charge is 2.16. The number of thiophene rings is 1. The number of nitrogens with one attached hydrogen (secondary N) is 2. The van der Waals surface area contributed by atoms with Crippen molar-refractivity contribution in [1.82, 2.24) is 0 Å². The predicted molar refractivity (Wildman–Crippen MR) is 107 cm³/mol. The normalized spacial score (nSPS) is 10.8. The molecule has 1 heterocycles. The Kier molecular flexibility index (Phi) is 5.26. The maximum absolute atomic E-state index is 12.6. The smallest absolute Gasteiger partial charge is 0.265 e. The molecule has 0 spiro atoms. The van der Waals surface area contributed by atoms with Gasteiger partial charge in [0.05, 0.1) is 16.8 Å². The number of rotatable bonds is 5. The standard InChI is InChI=1S/C19H15N3O3S2/c1-27(24,25)22-15-9-5-8-14(10-15)21-19(23)17-11-16(18(12-20)26-17)13-6-3-2-4-7-13/h2-11,22H,1H3,(H,21,23). The van der Waals surface area contributed by atoms with E-state index in [0.29, 0.717) is 26.7 Å². The summed E-state index contributed by atoms with van der Waals surface area (Å²) in [6.45, 7) is 0. The summed E-state index contributed by atoms with van der Waals surface area (Å²) >= 11 is 1.11. The second-order valence-corrected chi connectivity index (χ2v) is 8.54. The first-order valence-electron chi connectivity index (χ1n) is 7.84. The van der Waals surface area contributed by atoms with Crippen LogP contribution < -0.4 is 10.0 Å². The third-order valence-corrected chi connectivity index (χ3v) is 5.21.